The summed E-state index contributed by atoms with van der Waals surface area (Å²) in [6.45, 7) is 2.53. The van der Waals surface area contributed by atoms with Crippen molar-refractivity contribution in [2.75, 3.05) is 14.2 Å². The van der Waals surface area contributed by atoms with Crippen molar-refractivity contribution in [1.82, 2.24) is 4.57 Å². The standard InChI is InChI=1S/C20H22N2O4/c1-12-19(20(21)24)15-11-14(23)5-6-16(15)22(12)9-8-13-4-7-17(25-2)18(10-13)26-3/h4-7,10-11,23H,8-9H2,1-3H3,(H2,21,24). The Balaban J connectivity index is 1.97. The molecule has 6 heteroatoms. The molecule has 0 unspecified atom stereocenters. The molecule has 0 saturated carbocycles. The monoisotopic (exact) mass is 354 g/mol. The molecule has 0 aliphatic rings. The van der Waals surface area contributed by atoms with Crippen molar-refractivity contribution in [2.45, 2.75) is 19.9 Å². The number of aryl methyl sites for hydroxylation is 2. The molecule has 3 N–H and O–H groups in total. The molecule has 0 atom stereocenters. The number of phenols is 1. The molecule has 0 fully saturated rings. The first-order valence-corrected chi connectivity index (χ1v) is 8.28. The summed E-state index contributed by atoms with van der Waals surface area (Å²) in [6.07, 6.45) is 0.740. The highest BCUT2D eigenvalue weighted by molar-refractivity contribution is 6.08. The SMILES string of the molecule is COc1ccc(CCn2c(C)c(C(N)=O)c3cc(O)ccc32)cc1OC. The van der Waals surface area contributed by atoms with Crippen LogP contribution in [0.4, 0.5) is 0 Å². The number of benzene rings is 2. The average molecular weight is 354 g/mol. The van der Waals surface area contributed by atoms with Gasteiger partial charge in [0.1, 0.15) is 5.75 Å². The fourth-order valence-electron chi connectivity index (χ4n) is 3.35. The number of hydrogen-bond acceptors (Lipinski definition) is 4. The highest BCUT2D eigenvalue weighted by atomic mass is 16.5. The van der Waals surface area contributed by atoms with Crippen molar-refractivity contribution in [3.8, 4) is 17.2 Å². The molecular weight excluding hydrogens is 332 g/mol. The molecule has 1 amide bonds. The van der Waals surface area contributed by atoms with Gasteiger partial charge in [-0.15, -0.1) is 0 Å². The zero-order valence-corrected chi connectivity index (χ0v) is 15.1. The van der Waals surface area contributed by atoms with E-state index in [4.69, 9.17) is 15.2 Å². The molecule has 1 heterocycles. The van der Waals surface area contributed by atoms with Gasteiger partial charge in [0, 0.05) is 23.1 Å². The van der Waals surface area contributed by atoms with E-state index in [2.05, 4.69) is 0 Å². The Bertz CT molecular complexity index is 976. The van der Waals surface area contributed by atoms with Crippen molar-refractivity contribution >= 4 is 16.8 Å². The Morgan fingerprint density at radius 2 is 1.85 bits per heavy atom. The van der Waals surface area contributed by atoms with E-state index in [1.54, 1.807) is 32.4 Å². The first kappa shape index (κ1) is 17.7. The fourth-order valence-corrected chi connectivity index (χ4v) is 3.35. The summed E-state index contributed by atoms with van der Waals surface area (Å²) in [6, 6.07) is 10.8. The number of aromatic hydroxyl groups is 1. The van der Waals surface area contributed by atoms with Crippen molar-refractivity contribution in [3.05, 3.63) is 53.2 Å². The van der Waals surface area contributed by atoms with Gasteiger partial charge in [-0.3, -0.25) is 4.79 Å². The minimum absolute atomic E-state index is 0.108. The van der Waals surface area contributed by atoms with Gasteiger partial charge in [0.25, 0.3) is 5.91 Å². The Morgan fingerprint density at radius 1 is 1.12 bits per heavy atom. The number of aromatic nitrogens is 1. The van der Waals surface area contributed by atoms with E-state index in [0.29, 0.717) is 29.0 Å². The number of nitrogens with zero attached hydrogens (tertiary/aromatic N) is 1. The number of carbonyl (C=O) groups excluding carboxylic acids is 1. The topological polar surface area (TPSA) is 86.7 Å². The van der Waals surface area contributed by atoms with Gasteiger partial charge >= 0.3 is 0 Å². The summed E-state index contributed by atoms with van der Waals surface area (Å²) in [5.74, 6) is 0.979. The number of primary amides is 1. The lowest BCUT2D eigenvalue weighted by molar-refractivity contribution is 0.100. The van der Waals surface area contributed by atoms with Crippen molar-refractivity contribution in [3.63, 3.8) is 0 Å². The second kappa shape index (κ2) is 7.00. The van der Waals surface area contributed by atoms with Gasteiger partial charge in [0.2, 0.25) is 0 Å². The van der Waals surface area contributed by atoms with Gasteiger partial charge in [-0.05, 0) is 49.2 Å². The van der Waals surface area contributed by atoms with Crippen molar-refractivity contribution < 1.29 is 19.4 Å². The van der Waals surface area contributed by atoms with Crippen LogP contribution in [0.3, 0.4) is 0 Å². The number of methoxy groups -OCH3 is 2. The summed E-state index contributed by atoms with van der Waals surface area (Å²) < 4.78 is 12.7. The smallest absolute Gasteiger partial charge is 0.251 e. The molecule has 0 saturated heterocycles. The lowest BCUT2D eigenvalue weighted by Crippen LogP contribution is -2.13. The van der Waals surface area contributed by atoms with Crippen LogP contribution in [0.25, 0.3) is 10.9 Å². The number of amides is 1. The molecule has 0 aliphatic heterocycles. The van der Waals surface area contributed by atoms with Crippen molar-refractivity contribution in [1.29, 1.82) is 0 Å². The maximum absolute atomic E-state index is 11.9. The first-order valence-electron chi connectivity index (χ1n) is 8.28. The van der Waals surface area contributed by atoms with Gasteiger partial charge < -0.3 is 24.9 Å². The van der Waals surface area contributed by atoms with Crippen LogP contribution in [0.15, 0.2) is 36.4 Å². The normalized spacial score (nSPS) is 10.9. The number of carbonyl (C=O) groups is 1. The first-order chi connectivity index (χ1) is 12.5. The Morgan fingerprint density at radius 3 is 2.50 bits per heavy atom. The molecule has 3 rings (SSSR count). The number of rotatable bonds is 6. The van der Waals surface area contributed by atoms with E-state index in [1.165, 1.54) is 0 Å². The molecule has 26 heavy (non-hydrogen) atoms. The van der Waals surface area contributed by atoms with E-state index in [0.717, 1.165) is 23.2 Å². The second-order valence-corrected chi connectivity index (χ2v) is 6.12. The maximum Gasteiger partial charge on any atom is 0.251 e. The predicted molar refractivity (Wildman–Crippen MR) is 100 cm³/mol. The van der Waals surface area contributed by atoms with E-state index in [9.17, 15) is 9.90 Å². The third kappa shape index (κ3) is 3.06. The molecular formula is C20H22N2O4. The molecule has 6 nitrogen and oxygen atoms in total. The van der Waals surface area contributed by atoms with Crippen molar-refractivity contribution in [2.24, 2.45) is 5.73 Å². The Labute approximate surface area is 151 Å². The van der Waals surface area contributed by atoms with Crippen LogP contribution in [0.1, 0.15) is 21.6 Å². The minimum atomic E-state index is -0.497. The van der Waals surface area contributed by atoms with Gasteiger partial charge in [-0.2, -0.15) is 0 Å². The van der Waals surface area contributed by atoms with Gasteiger partial charge in [0.05, 0.1) is 19.8 Å². The van der Waals surface area contributed by atoms with Gasteiger partial charge in [-0.25, -0.2) is 0 Å². The number of nitrogens with two attached hydrogens (primary N) is 1. The molecule has 3 aromatic rings. The maximum atomic E-state index is 11.9. The third-order valence-corrected chi connectivity index (χ3v) is 4.63. The quantitative estimate of drug-likeness (QED) is 0.712. The summed E-state index contributed by atoms with van der Waals surface area (Å²) in [5.41, 5.74) is 8.75. The van der Waals surface area contributed by atoms with E-state index >= 15 is 0 Å². The molecule has 0 spiro atoms. The van der Waals surface area contributed by atoms with Crippen LogP contribution in [0.5, 0.6) is 17.2 Å². The highest BCUT2D eigenvalue weighted by Crippen LogP contribution is 2.30. The lowest BCUT2D eigenvalue weighted by atomic mass is 10.1. The Hall–Kier alpha value is -3.15. The molecule has 136 valence electrons. The van der Waals surface area contributed by atoms with Crippen LogP contribution in [0, 0.1) is 6.92 Å². The van der Waals surface area contributed by atoms with Crippen LogP contribution < -0.4 is 15.2 Å². The number of phenolic OH excluding ortho intramolecular Hbond substituents is 1. The van der Waals surface area contributed by atoms with Gasteiger partial charge in [-0.1, -0.05) is 6.07 Å². The molecule has 0 aliphatic carbocycles. The average Bonchev–Trinajstić information content (AvgIpc) is 2.90. The molecule has 0 bridgehead atoms. The van der Waals surface area contributed by atoms with Crippen LogP contribution in [-0.4, -0.2) is 29.8 Å². The van der Waals surface area contributed by atoms with E-state index in [1.807, 2.05) is 29.7 Å². The number of hydrogen-bond donors (Lipinski definition) is 2. The fraction of sp³-hybridized carbons (Fsp3) is 0.250. The molecule has 2 aromatic carbocycles. The van der Waals surface area contributed by atoms with Crippen LogP contribution in [0.2, 0.25) is 0 Å². The van der Waals surface area contributed by atoms with E-state index in [-0.39, 0.29) is 5.75 Å². The third-order valence-electron chi connectivity index (χ3n) is 4.63. The van der Waals surface area contributed by atoms with Gasteiger partial charge in [0.15, 0.2) is 11.5 Å². The van der Waals surface area contributed by atoms with Crippen LogP contribution in [-0.2, 0) is 13.0 Å². The number of fused-ring (bicyclic) bond motifs is 1. The second-order valence-electron chi connectivity index (χ2n) is 6.12. The Kier molecular flexibility index (Phi) is 4.75. The largest absolute Gasteiger partial charge is 0.508 e. The predicted octanol–water partition coefficient (Wildman–Crippen LogP) is 3.01. The summed E-state index contributed by atoms with van der Waals surface area (Å²) in [7, 11) is 3.21. The number of ether oxygens (including phenoxy) is 2. The zero-order valence-electron chi connectivity index (χ0n) is 15.1. The molecule has 0 radical (unpaired) electrons. The minimum Gasteiger partial charge on any atom is -0.508 e. The van der Waals surface area contributed by atoms with Crippen LogP contribution >= 0.6 is 0 Å². The lowest BCUT2D eigenvalue weighted by Gasteiger charge is -2.12. The van der Waals surface area contributed by atoms with E-state index < -0.39 is 5.91 Å². The summed E-state index contributed by atoms with van der Waals surface area (Å²) in [5, 5.41) is 10.4. The molecule has 1 aromatic heterocycles. The summed E-state index contributed by atoms with van der Waals surface area (Å²) >= 11 is 0. The zero-order chi connectivity index (χ0) is 18.8. The highest BCUT2D eigenvalue weighted by Gasteiger charge is 2.18. The summed E-state index contributed by atoms with van der Waals surface area (Å²) in [4.78, 5) is 11.9.